The second-order valence-corrected chi connectivity index (χ2v) is 5.91. The first-order valence-electron chi connectivity index (χ1n) is 7.07. The topological polar surface area (TPSA) is 55.6 Å². The van der Waals surface area contributed by atoms with E-state index >= 15 is 0 Å². The molecule has 2 unspecified atom stereocenters. The Bertz CT molecular complexity index is 271. The Morgan fingerprint density at radius 1 is 1.50 bits per heavy atom. The molecule has 4 nitrogen and oxygen atoms in total. The van der Waals surface area contributed by atoms with Gasteiger partial charge < -0.3 is 15.4 Å². The number of hydrogen-bond acceptors (Lipinski definition) is 4. The van der Waals surface area contributed by atoms with Crippen LogP contribution < -0.4 is 5.73 Å². The highest BCUT2D eigenvalue weighted by Gasteiger charge is 2.34. The summed E-state index contributed by atoms with van der Waals surface area (Å²) in [4.78, 5) is 14.2. The van der Waals surface area contributed by atoms with Crippen molar-refractivity contribution in [2.75, 3.05) is 19.7 Å². The first-order chi connectivity index (χ1) is 8.36. The lowest BCUT2D eigenvalue weighted by atomic mass is 9.91. The molecule has 0 aromatic heterocycles. The van der Waals surface area contributed by atoms with Crippen molar-refractivity contribution in [3.05, 3.63) is 0 Å². The lowest BCUT2D eigenvalue weighted by Crippen LogP contribution is -2.52. The average molecular weight is 256 g/mol. The highest BCUT2D eigenvalue weighted by molar-refractivity contribution is 5.80. The molecule has 0 radical (unpaired) electrons. The van der Waals surface area contributed by atoms with Gasteiger partial charge in [0.05, 0.1) is 6.61 Å². The fraction of sp³-hybridized carbons (Fsp3) is 0.929. The fourth-order valence-corrected chi connectivity index (χ4v) is 2.59. The first-order valence-corrected chi connectivity index (χ1v) is 7.07. The summed E-state index contributed by atoms with van der Waals surface area (Å²) in [5.74, 6) is 0.532. The maximum Gasteiger partial charge on any atom is 0.325 e. The molecule has 1 saturated heterocycles. The lowest BCUT2D eigenvalue weighted by Gasteiger charge is -2.37. The molecular formula is C14H28N2O2. The molecule has 0 spiro atoms. The smallest absolute Gasteiger partial charge is 0.325 e. The van der Waals surface area contributed by atoms with Crippen molar-refractivity contribution in [3.63, 3.8) is 0 Å². The number of rotatable bonds is 5. The van der Waals surface area contributed by atoms with Crippen molar-refractivity contribution in [2.24, 2.45) is 11.7 Å². The number of nitrogens with two attached hydrogens (primary N) is 1. The normalized spacial score (nSPS) is 23.4. The van der Waals surface area contributed by atoms with Gasteiger partial charge in [0.25, 0.3) is 0 Å². The van der Waals surface area contributed by atoms with Gasteiger partial charge in [-0.1, -0.05) is 6.92 Å². The molecule has 0 aliphatic carbocycles. The highest BCUT2D eigenvalue weighted by atomic mass is 16.5. The zero-order valence-corrected chi connectivity index (χ0v) is 12.2. The Labute approximate surface area is 111 Å². The van der Waals surface area contributed by atoms with Gasteiger partial charge in [0, 0.05) is 6.04 Å². The van der Waals surface area contributed by atoms with Crippen molar-refractivity contribution in [3.8, 4) is 0 Å². The molecule has 1 rings (SSSR count). The van der Waals surface area contributed by atoms with E-state index in [0.29, 0.717) is 19.1 Å². The van der Waals surface area contributed by atoms with Crippen molar-refractivity contribution in [1.29, 1.82) is 0 Å². The number of hydrogen-bond donors (Lipinski definition) is 1. The minimum absolute atomic E-state index is 0.290. The third-order valence-corrected chi connectivity index (χ3v) is 3.90. The second-order valence-electron chi connectivity index (χ2n) is 5.91. The standard InChI is InChI=1S/C14H28N2O2/c1-5-18-13(17)14(4,15)10-12(3)16-8-6-11(2)7-9-16/h11-12H,5-10,15H2,1-4H3. The number of piperidine rings is 1. The maximum atomic E-state index is 11.8. The molecular weight excluding hydrogens is 228 g/mol. The van der Waals surface area contributed by atoms with Crippen molar-refractivity contribution >= 4 is 5.97 Å². The van der Waals surface area contributed by atoms with E-state index in [0.717, 1.165) is 19.0 Å². The number of likely N-dealkylation sites (tertiary alicyclic amines) is 1. The van der Waals surface area contributed by atoms with Gasteiger partial charge in [0.2, 0.25) is 0 Å². The van der Waals surface area contributed by atoms with Gasteiger partial charge in [-0.15, -0.1) is 0 Å². The molecule has 2 atom stereocenters. The van der Waals surface area contributed by atoms with Crippen LogP contribution in [0.15, 0.2) is 0 Å². The summed E-state index contributed by atoms with van der Waals surface area (Å²) in [6, 6.07) is 0.330. The van der Waals surface area contributed by atoms with Gasteiger partial charge in [0.15, 0.2) is 0 Å². The van der Waals surface area contributed by atoms with Crippen molar-refractivity contribution < 1.29 is 9.53 Å². The Kier molecular flexibility index (Phi) is 5.60. The summed E-state index contributed by atoms with van der Waals surface area (Å²) < 4.78 is 5.03. The predicted octanol–water partition coefficient (Wildman–Crippen LogP) is 1.78. The van der Waals surface area contributed by atoms with Crippen molar-refractivity contribution in [2.45, 2.75) is 58.5 Å². The molecule has 0 aromatic carbocycles. The largest absolute Gasteiger partial charge is 0.465 e. The minimum atomic E-state index is -0.876. The Balaban J connectivity index is 2.47. The molecule has 1 heterocycles. The lowest BCUT2D eigenvalue weighted by molar-refractivity contribution is -0.149. The van der Waals surface area contributed by atoms with Crippen LogP contribution in [-0.2, 0) is 9.53 Å². The van der Waals surface area contributed by atoms with E-state index in [2.05, 4.69) is 18.7 Å². The van der Waals surface area contributed by atoms with Gasteiger partial charge in [0.1, 0.15) is 5.54 Å². The molecule has 106 valence electrons. The Morgan fingerprint density at radius 2 is 2.06 bits per heavy atom. The highest BCUT2D eigenvalue weighted by Crippen LogP contribution is 2.22. The van der Waals surface area contributed by atoms with E-state index < -0.39 is 5.54 Å². The number of ether oxygens (including phenoxy) is 1. The van der Waals surface area contributed by atoms with E-state index in [4.69, 9.17) is 10.5 Å². The van der Waals surface area contributed by atoms with Crippen molar-refractivity contribution in [1.82, 2.24) is 4.90 Å². The van der Waals surface area contributed by atoms with Crippen LogP contribution >= 0.6 is 0 Å². The van der Waals surface area contributed by atoms with Crippen LogP contribution in [0.25, 0.3) is 0 Å². The fourth-order valence-electron chi connectivity index (χ4n) is 2.59. The Hall–Kier alpha value is -0.610. The molecule has 0 saturated carbocycles. The average Bonchev–Trinajstić information content (AvgIpc) is 2.29. The quantitative estimate of drug-likeness (QED) is 0.762. The van der Waals surface area contributed by atoms with Gasteiger partial charge >= 0.3 is 5.97 Å². The van der Waals surface area contributed by atoms with E-state index in [9.17, 15) is 4.79 Å². The van der Waals surface area contributed by atoms with Crippen LogP contribution in [0, 0.1) is 5.92 Å². The van der Waals surface area contributed by atoms with Crippen LogP contribution in [0.4, 0.5) is 0 Å². The third kappa shape index (κ3) is 4.25. The number of nitrogens with zero attached hydrogens (tertiary/aromatic N) is 1. The number of carbonyl (C=O) groups excluding carboxylic acids is 1. The van der Waals surface area contributed by atoms with E-state index in [1.165, 1.54) is 12.8 Å². The third-order valence-electron chi connectivity index (χ3n) is 3.90. The first kappa shape index (κ1) is 15.4. The molecule has 1 aliphatic heterocycles. The molecule has 2 N–H and O–H groups in total. The van der Waals surface area contributed by atoms with E-state index in [1.807, 2.05) is 6.92 Å². The monoisotopic (exact) mass is 256 g/mol. The number of carbonyl (C=O) groups is 1. The minimum Gasteiger partial charge on any atom is -0.465 e. The van der Waals surface area contributed by atoms with E-state index in [1.54, 1.807) is 6.92 Å². The summed E-state index contributed by atoms with van der Waals surface area (Å²) in [5, 5.41) is 0. The molecule has 1 aliphatic rings. The molecule has 0 aromatic rings. The Morgan fingerprint density at radius 3 is 2.56 bits per heavy atom. The van der Waals surface area contributed by atoms with Gasteiger partial charge in [-0.2, -0.15) is 0 Å². The van der Waals surface area contributed by atoms with E-state index in [-0.39, 0.29) is 5.97 Å². The van der Waals surface area contributed by atoms with Gasteiger partial charge in [-0.3, -0.25) is 4.79 Å². The second kappa shape index (κ2) is 6.53. The summed E-state index contributed by atoms with van der Waals surface area (Å²) in [6.45, 7) is 10.6. The van der Waals surface area contributed by atoms with Gasteiger partial charge in [-0.25, -0.2) is 0 Å². The van der Waals surface area contributed by atoms with Crippen LogP contribution in [-0.4, -0.2) is 42.1 Å². The van der Waals surface area contributed by atoms with Crippen LogP contribution in [0.3, 0.4) is 0 Å². The summed E-state index contributed by atoms with van der Waals surface area (Å²) in [5.41, 5.74) is 5.20. The predicted molar refractivity (Wildman–Crippen MR) is 73.3 cm³/mol. The molecule has 0 amide bonds. The molecule has 0 bridgehead atoms. The SMILES string of the molecule is CCOC(=O)C(C)(N)CC(C)N1CCC(C)CC1. The number of esters is 1. The van der Waals surface area contributed by atoms with Crippen LogP contribution in [0.2, 0.25) is 0 Å². The zero-order valence-electron chi connectivity index (χ0n) is 12.2. The molecule has 1 fully saturated rings. The van der Waals surface area contributed by atoms with Gasteiger partial charge in [-0.05, 0) is 59.0 Å². The van der Waals surface area contributed by atoms with Crippen LogP contribution in [0.5, 0.6) is 0 Å². The summed E-state index contributed by atoms with van der Waals surface area (Å²) in [6.07, 6.45) is 3.14. The molecule has 4 heteroatoms. The van der Waals surface area contributed by atoms with Crippen LogP contribution in [0.1, 0.15) is 47.0 Å². The zero-order chi connectivity index (χ0) is 13.8. The molecule has 18 heavy (non-hydrogen) atoms. The summed E-state index contributed by atoms with van der Waals surface area (Å²) >= 11 is 0. The summed E-state index contributed by atoms with van der Waals surface area (Å²) in [7, 11) is 0. The maximum absolute atomic E-state index is 11.8.